The SMILES string of the molecule is CCC(C)NC(=O)Nc1ccc(-c2noc(-c3cccc(C)c3)n2)cc1. The van der Waals surface area contributed by atoms with Gasteiger partial charge in [-0.05, 0) is 56.7 Å². The van der Waals surface area contributed by atoms with Crippen LogP contribution >= 0.6 is 0 Å². The maximum atomic E-state index is 11.9. The number of carbonyl (C=O) groups excluding carboxylic acids is 1. The van der Waals surface area contributed by atoms with Crippen LogP contribution in [0.5, 0.6) is 0 Å². The molecule has 1 atom stereocenters. The first-order valence-corrected chi connectivity index (χ1v) is 8.64. The molecule has 1 unspecified atom stereocenters. The van der Waals surface area contributed by atoms with E-state index in [2.05, 4.69) is 20.8 Å². The number of carbonyl (C=O) groups is 1. The second-order valence-electron chi connectivity index (χ2n) is 6.28. The molecular weight excluding hydrogens is 328 g/mol. The number of hydrogen-bond donors (Lipinski definition) is 2. The van der Waals surface area contributed by atoms with E-state index in [0.29, 0.717) is 17.4 Å². The van der Waals surface area contributed by atoms with Crippen LogP contribution in [0.25, 0.3) is 22.8 Å². The molecule has 3 aromatic rings. The summed E-state index contributed by atoms with van der Waals surface area (Å²) in [6.07, 6.45) is 0.882. The van der Waals surface area contributed by atoms with E-state index < -0.39 is 0 Å². The molecule has 3 rings (SSSR count). The van der Waals surface area contributed by atoms with Gasteiger partial charge in [0.15, 0.2) is 0 Å². The molecule has 0 aliphatic carbocycles. The van der Waals surface area contributed by atoms with Crippen molar-refractivity contribution in [3.63, 3.8) is 0 Å². The molecule has 2 aromatic carbocycles. The Balaban J connectivity index is 1.70. The molecule has 0 aliphatic heterocycles. The van der Waals surface area contributed by atoms with Gasteiger partial charge in [-0.1, -0.05) is 29.8 Å². The van der Waals surface area contributed by atoms with Crippen LogP contribution in [0.4, 0.5) is 10.5 Å². The third-order valence-electron chi connectivity index (χ3n) is 4.08. The largest absolute Gasteiger partial charge is 0.335 e. The summed E-state index contributed by atoms with van der Waals surface area (Å²) in [6.45, 7) is 6.00. The van der Waals surface area contributed by atoms with E-state index in [-0.39, 0.29) is 12.1 Å². The van der Waals surface area contributed by atoms with Crippen molar-refractivity contribution in [3.05, 3.63) is 54.1 Å². The Morgan fingerprint density at radius 1 is 1.15 bits per heavy atom. The molecule has 6 heteroatoms. The Morgan fingerprint density at radius 2 is 1.92 bits per heavy atom. The average Bonchev–Trinajstić information content (AvgIpc) is 3.12. The van der Waals surface area contributed by atoms with Crippen LogP contribution in [0.15, 0.2) is 53.1 Å². The normalized spacial score (nSPS) is 11.8. The van der Waals surface area contributed by atoms with Gasteiger partial charge < -0.3 is 15.2 Å². The molecule has 2 N–H and O–H groups in total. The van der Waals surface area contributed by atoms with Gasteiger partial charge in [0.25, 0.3) is 5.89 Å². The average molecular weight is 350 g/mol. The van der Waals surface area contributed by atoms with Gasteiger partial charge in [-0.15, -0.1) is 0 Å². The molecule has 0 fully saturated rings. The molecule has 1 aromatic heterocycles. The molecule has 0 bridgehead atoms. The maximum Gasteiger partial charge on any atom is 0.319 e. The highest BCUT2D eigenvalue weighted by Gasteiger charge is 2.11. The molecule has 0 radical (unpaired) electrons. The Kier molecular flexibility index (Phi) is 5.31. The van der Waals surface area contributed by atoms with Gasteiger partial charge in [0, 0.05) is 22.9 Å². The number of urea groups is 1. The Morgan fingerprint density at radius 3 is 2.62 bits per heavy atom. The van der Waals surface area contributed by atoms with Crippen LogP contribution in [-0.4, -0.2) is 22.2 Å². The fourth-order valence-electron chi connectivity index (χ4n) is 2.43. The van der Waals surface area contributed by atoms with Crippen molar-refractivity contribution in [2.75, 3.05) is 5.32 Å². The van der Waals surface area contributed by atoms with Crippen molar-refractivity contribution in [1.82, 2.24) is 15.5 Å². The van der Waals surface area contributed by atoms with Gasteiger partial charge in [-0.2, -0.15) is 4.98 Å². The Labute approximate surface area is 152 Å². The van der Waals surface area contributed by atoms with Crippen molar-refractivity contribution in [2.45, 2.75) is 33.2 Å². The number of benzene rings is 2. The lowest BCUT2D eigenvalue weighted by Gasteiger charge is -2.12. The molecule has 26 heavy (non-hydrogen) atoms. The number of nitrogens with one attached hydrogen (secondary N) is 2. The molecule has 134 valence electrons. The van der Waals surface area contributed by atoms with Gasteiger partial charge in [0.1, 0.15) is 0 Å². The van der Waals surface area contributed by atoms with Crippen LogP contribution in [-0.2, 0) is 0 Å². The zero-order valence-electron chi connectivity index (χ0n) is 15.1. The first-order chi connectivity index (χ1) is 12.5. The second kappa shape index (κ2) is 7.82. The fourth-order valence-corrected chi connectivity index (χ4v) is 2.43. The van der Waals surface area contributed by atoms with E-state index in [1.807, 2.05) is 69.3 Å². The number of nitrogens with zero attached hydrogens (tertiary/aromatic N) is 2. The first kappa shape index (κ1) is 17.7. The maximum absolute atomic E-state index is 11.9. The van der Waals surface area contributed by atoms with Crippen LogP contribution in [0, 0.1) is 6.92 Å². The van der Waals surface area contributed by atoms with E-state index in [1.165, 1.54) is 0 Å². The quantitative estimate of drug-likeness (QED) is 0.703. The van der Waals surface area contributed by atoms with Crippen molar-refractivity contribution < 1.29 is 9.32 Å². The van der Waals surface area contributed by atoms with Crippen LogP contribution in [0.2, 0.25) is 0 Å². The minimum atomic E-state index is -0.214. The van der Waals surface area contributed by atoms with E-state index >= 15 is 0 Å². The van der Waals surface area contributed by atoms with Crippen molar-refractivity contribution >= 4 is 11.7 Å². The van der Waals surface area contributed by atoms with E-state index in [1.54, 1.807) is 0 Å². The fraction of sp³-hybridized carbons (Fsp3) is 0.250. The molecule has 1 heterocycles. The standard InChI is InChI=1S/C20H22N4O2/c1-4-14(3)21-20(25)22-17-10-8-15(9-11-17)18-23-19(26-24-18)16-7-5-6-13(2)12-16/h5-12,14H,4H2,1-3H3,(H2,21,22,25). The predicted octanol–water partition coefficient (Wildman–Crippen LogP) is 4.63. The summed E-state index contributed by atoms with van der Waals surface area (Å²) in [5.74, 6) is 0.996. The van der Waals surface area contributed by atoms with Gasteiger partial charge in [-0.3, -0.25) is 0 Å². The third kappa shape index (κ3) is 4.27. The lowest BCUT2D eigenvalue weighted by molar-refractivity contribution is 0.249. The van der Waals surface area contributed by atoms with E-state index in [0.717, 1.165) is 23.1 Å². The second-order valence-corrected chi connectivity index (χ2v) is 6.28. The molecule has 0 saturated carbocycles. The highest BCUT2D eigenvalue weighted by Crippen LogP contribution is 2.23. The minimum Gasteiger partial charge on any atom is -0.335 e. The Bertz CT molecular complexity index is 887. The molecule has 0 saturated heterocycles. The van der Waals surface area contributed by atoms with Gasteiger partial charge in [0.05, 0.1) is 0 Å². The van der Waals surface area contributed by atoms with Gasteiger partial charge in [0.2, 0.25) is 5.82 Å². The van der Waals surface area contributed by atoms with Crippen LogP contribution in [0.1, 0.15) is 25.8 Å². The van der Waals surface area contributed by atoms with Crippen molar-refractivity contribution in [1.29, 1.82) is 0 Å². The zero-order chi connectivity index (χ0) is 18.5. The predicted molar refractivity (Wildman–Crippen MR) is 102 cm³/mol. The molecule has 0 aliphatic rings. The highest BCUT2D eigenvalue weighted by molar-refractivity contribution is 5.89. The monoisotopic (exact) mass is 350 g/mol. The van der Waals surface area contributed by atoms with E-state index in [9.17, 15) is 4.79 Å². The lowest BCUT2D eigenvalue weighted by atomic mass is 10.1. The van der Waals surface area contributed by atoms with Crippen LogP contribution < -0.4 is 10.6 Å². The molecule has 2 amide bonds. The number of aryl methyl sites for hydroxylation is 1. The lowest BCUT2D eigenvalue weighted by Crippen LogP contribution is -2.35. The van der Waals surface area contributed by atoms with Crippen molar-refractivity contribution in [2.24, 2.45) is 0 Å². The molecular formula is C20H22N4O2. The first-order valence-electron chi connectivity index (χ1n) is 8.64. The van der Waals surface area contributed by atoms with Crippen molar-refractivity contribution in [3.8, 4) is 22.8 Å². The summed E-state index contributed by atoms with van der Waals surface area (Å²) >= 11 is 0. The van der Waals surface area contributed by atoms with Crippen LogP contribution in [0.3, 0.4) is 0 Å². The summed E-state index contributed by atoms with van der Waals surface area (Å²) in [5.41, 5.74) is 3.55. The highest BCUT2D eigenvalue weighted by atomic mass is 16.5. The van der Waals surface area contributed by atoms with E-state index in [4.69, 9.17) is 4.52 Å². The molecule has 6 nitrogen and oxygen atoms in total. The number of anilines is 1. The topological polar surface area (TPSA) is 80.0 Å². The summed E-state index contributed by atoms with van der Waals surface area (Å²) in [4.78, 5) is 16.3. The van der Waals surface area contributed by atoms with Gasteiger partial charge >= 0.3 is 6.03 Å². The number of amides is 2. The third-order valence-corrected chi connectivity index (χ3v) is 4.08. The zero-order valence-corrected chi connectivity index (χ0v) is 15.1. The van der Waals surface area contributed by atoms with Gasteiger partial charge in [-0.25, -0.2) is 4.79 Å². The Hall–Kier alpha value is -3.15. The summed E-state index contributed by atoms with van der Waals surface area (Å²) < 4.78 is 5.37. The summed E-state index contributed by atoms with van der Waals surface area (Å²) in [7, 11) is 0. The summed E-state index contributed by atoms with van der Waals surface area (Å²) in [6, 6.07) is 15.2. The minimum absolute atomic E-state index is 0.133. The molecule has 0 spiro atoms. The summed E-state index contributed by atoms with van der Waals surface area (Å²) in [5, 5.41) is 9.72. The number of aromatic nitrogens is 2. The number of rotatable bonds is 5. The number of hydrogen-bond acceptors (Lipinski definition) is 4. The smallest absolute Gasteiger partial charge is 0.319 e.